The Hall–Kier alpha value is -2.36. The van der Waals surface area contributed by atoms with Crippen molar-refractivity contribution in [3.8, 4) is 11.6 Å². The number of aliphatic hydroxyl groups is 1. The van der Waals surface area contributed by atoms with Gasteiger partial charge in [0, 0.05) is 31.3 Å². The van der Waals surface area contributed by atoms with Crippen LogP contribution in [0.4, 0.5) is 13.2 Å². The van der Waals surface area contributed by atoms with E-state index in [1.807, 2.05) is 0 Å². The van der Waals surface area contributed by atoms with Crippen LogP contribution in [0.1, 0.15) is 28.0 Å². The minimum Gasteiger partial charge on any atom is -0.439 e. The van der Waals surface area contributed by atoms with Gasteiger partial charge in [0.1, 0.15) is 11.4 Å². The molecule has 2 rings (SSSR count). The Morgan fingerprint density at radius 3 is 2.63 bits per heavy atom. The van der Waals surface area contributed by atoms with E-state index in [2.05, 4.69) is 10.3 Å². The first-order valence-electron chi connectivity index (χ1n) is 7.78. The van der Waals surface area contributed by atoms with E-state index >= 15 is 0 Å². The molecule has 27 heavy (non-hydrogen) atoms. The fourth-order valence-corrected chi connectivity index (χ4v) is 2.08. The molecule has 0 aliphatic carbocycles. The summed E-state index contributed by atoms with van der Waals surface area (Å²) < 4.78 is 44.1. The van der Waals surface area contributed by atoms with E-state index in [1.165, 1.54) is 30.3 Å². The van der Waals surface area contributed by atoms with Crippen LogP contribution >= 0.6 is 12.4 Å². The van der Waals surface area contributed by atoms with Gasteiger partial charge in [-0.3, -0.25) is 4.79 Å². The van der Waals surface area contributed by atoms with Gasteiger partial charge in [0.15, 0.2) is 0 Å². The third-order valence-electron chi connectivity index (χ3n) is 3.33. The fraction of sp³-hybridized carbons (Fsp3) is 0.294. The number of benzene rings is 1. The lowest BCUT2D eigenvalue weighted by atomic mass is 10.2. The van der Waals surface area contributed by atoms with Crippen molar-refractivity contribution in [3.63, 3.8) is 0 Å². The Morgan fingerprint density at radius 1 is 1.26 bits per heavy atom. The maximum Gasteiger partial charge on any atom is 0.433 e. The van der Waals surface area contributed by atoms with Crippen LogP contribution in [0.15, 0.2) is 36.4 Å². The number of nitrogens with one attached hydrogen (secondary N) is 1. The number of carbonyl (C=O) groups excluding carboxylic acids is 1. The monoisotopic (exact) mass is 405 g/mol. The Bertz CT molecular complexity index is 773. The lowest BCUT2D eigenvalue weighted by Crippen LogP contribution is -2.24. The summed E-state index contributed by atoms with van der Waals surface area (Å²) in [6, 6.07) is 8.12. The molecule has 0 aliphatic heterocycles. The zero-order chi connectivity index (χ0) is 19.2. The molecule has 1 heterocycles. The number of rotatable bonds is 7. The molecule has 0 fully saturated rings. The topological polar surface area (TPSA) is 97.5 Å². The number of ether oxygens (including phenoxy) is 1. The van der Waals surface area contributed by atoms with Crippen LogP contribution in [0, 0.1) is 0 Å². The highest BCUT2D eigenvalue weighted by atomic mass is 35.5. The van der Waals surface area contributed by atoms with E-state index in [1.54, 1.807) is 0 Å². The number of halogens is 4. The molecular formula is C17H19ClF3N3O3. The molecule has 1 aromatic heterocycles. The first-order chi connectivity index (χ1) is 12.3. The Morgan fingerprint density at radius 2 is 2.00 bits per heavy atom. The molecular weight excluding hydrogens is 387 g/mol. The molecule has 148 valence electrons. The van der Waals surface area contributed by atoms with Gasteiger partial charge in [0.05, 0.1) is 0 Å². The first kappa shape index (κ1) is 22.7. The molecule has 0 atom stereocenters. The summed E-state index contributed by atoms with van der Waals surface area (Å²) in [6.45, 7) is 0.152. The molecule has 0 unspecified atom stereocenters. The second-order valence-electron chi connectivity index (χ2n) is 5.36. The third-order valence-corrected chi connectivity index (χ3v) is 3.33. The molecule has 4 N–H and O–H groups in total. The molecule has 6 nitrogen and oxygen atoms in total. The van der Waals surface area contributed by atoms with E-state index in [0.29, 0.717) is 13.0 Å². The van der Waals surface area contributed by atoms with E-state index in [4.69, 9.17) is 15.6 Å². The molecule has 0 saturated heterocycles. The van der Waals surface area contributed by atoms with Crippen molar-refractivity contribution in [1.82, 2.24) is 10.3 Å². The Labute approximate surface area is 160 Å². The number of hydrogen-bond donors (Lipinski definition) is 3. The predicted octanol–water partition coefficient (Wildman–Crippen LogP) is 2.89. The third kappa shape index (κ3) is 6.70. The maximum atomic E-state index is 12.9. The van der Waals surface area contributed by atoms with Gasteiger partial charge in [-0.05, 0) is 36.2 Å². The Kier molecular flexibility index (Phi) is 8.48. The van der Waals surface area contributed by atoms with Crippen molar-refractivity contribution in [2.45, 2.75) is 19.1 Å². The van der Waals surface area contributed by atoms with Crippen molar-refractivity contribution in [2.24, 2.45) is 5.73 Å². The Balaban J connectivity index is 0.00000364. The van der Waals surface area contributed by atoms with Gasteiger partial charge in [0.2, 0.25) is 5.88 Å². The predicted molar refractivity (Wildman–Crippen MR) is 94.9 cm³/mol. The van der Waals surface area contributed by atoms with Crippen molar-refractivity contribution < 1.29 is 27.8 Å². The minimum absolute atomic E-state index is 0. The summed E-state index contributed by atoms with van der Waals surface area (Å²) in [5.74, 6) is -0.490. The summed E-state index contributed by atoms with van der Waals surface area (Å²) in [7, 11) is 0. The van der Waals surface area contributed by atoms with Gasteiger partial charge < -0.3 is 20.9 Å². The second kappa shape index (κ2) is 10.1. The number of amides is 1. The van der Waals surface area contributed by atoms with Crippen molar-refractivity contribution >= 4 is 18.3 Å². The van der Waals surface area contributed by atoms with Crippen molar-refractivity contribution in [1.29, 1.82) is 0 Å². The summed E-state index contributed by atoms with van der Waals surface area (Å²) in [4.78, 5) is 15.4. The molecule has 0 bridgehead atoms. The van der Waals surface area contributed by atoms with Crippen LogP contribution in [0.5, 0.6) is 11.6 Å². The van der Waals surface area contributed by atoms with Crippen LogP contribution in [0.3, 0.4) is 0 Å². The van der Waals surface area contributed by atoms with Gasteiger partial charge in [-0.1, -0.05) is 6.07 Å². The average Bonchev–Trinajstić information content (AvgIpc) is 2.61. The number of hydrogen-bond acceptors (Lipinski definition) is 5. The zero-order valence-corrected chi connectivity index (χ0v) is 14.9. The largest absolute Gasteiger partial charge is 0.439 e. The summed E-state index contributed by atoms with van der Waals surface area (Å²) in [5, 5.41) is 11.3. The number of aromatic nitrogens is 1. The maximum absolute atomic E-state index is 12.9. The van der Waals surface area contributed by atoms with Crippen molar-refractivity contribution in [3.05, 3.63) is 53.2 Å². The lowest BCUT2D eigenvalue weighted by molar-refractivity contribution is -0.141. The standard InChI is InChI=1S/C17H18F3N3O3.ClH/c18-17(19,20)14-7-11(10-21)8-15(23-14)26-13-4-1-3-12(9-13)16(25)22-5-2-6-24;/h1,3-4,7-9,24H,2,5-6,10,21H2,(H,22,25);1H. The minimum atomic E-state index is -4.63. The molecule has 1 aromatic carbocycles. The van der Waals surface area contributed by atoms with Gasteiger partial charge in [-0.25, -0.2) is 4.98 Å². The van der Waals surface area contributed by atoms with Gasteiger partial charge in [-0.2, -0.15) is 13.2 Å². The van der Waals surface area contributed by atoms with Crippen LogP contribution in [0.25, 0.3) is 0 Å². The summed E-state index contributed by atoms with van der Waals surface area (Å²) in [5.41, 5.74) is 4.81. The quantitative estimate of drug-likeness (QED) is 0.615. The molecule has 0 spiro atoms. The highest BCUT2D eigenvalue weighted by Gasteiger charge is 2.33. The summed E-state index contributed by atoms with van der Waals surface area (Å²) >= 11 is 0. The van der Waals surface area contributed by atoms with E-state index in [9.17, 15) is 18.0 Å². The first-order valence-corrected chi connectivity index (χ1v) is 7.78. The molecule has 10 heteroatoms. The molecule has 0 aliphatic rings. The number of nitrogens with zero attached hydrogens (tertiary/aromatic N) is 1. The van der Waals surface area contributed by atoms with Gasteiger partial charge >= 0.3 is 6.18 Å². The number of alkyl halides is 3. The van der Waals surface area contributed by atoms with Crippen LogP contribution < -0.4 is 15.8 Å². The molecule has 1 amide bonds. The van der Waals surface area contributed by atoms with Gasteiger partial charge in [-0.15, -0.1) is 12.4 Å². The van der Waals surface area contributed by atoms with Crippen LogP contribution in [0.2, 0.25) is 0 Å². The van der Waals surface area contributed by atoms with E-state index in [-0.39, 0.29) is 54.2 Å². The number of nitrogens with two attached hydrogens (primary N) is 1. The zero-order valence-electron chi connectivity index (χ0n) is 14.1. The number of carbonyl (C=O) groups is 1. The number of aliphatic hydroxyl groups excluding tert-OH is 1. The highest BCUT2D eigenvalue weighted by Crippen LogP contribution is 2.31. The normalized spacial score (nSPS) is 10.9. The summed E-state index contributed by atoms with van der Waals surface area (Å²) in [6.07, 6.45) is -4.21. The van der Waals surface area contributed by atoms with Crippen LogP contribution in [-0.4, -0.2) is 29.1 Å². The van der Waals surface area contributed by atoms with Gasteiger partial charge in [0.25, 0.3) is 5.91 Å². The fourth-order valence-electron chi connectivity index (χ4n) is 2.08. The molecule has 0 saturated carbocycles. The second-order valence-corrected chi connectivity index (χ2v) is 5.36. The molecule has 0 radical (unpaired) electrons. The highest BCUT2D eigenvalue weighted by molar-refractivity contribution is 5.94. The van der Waals surface area contributed by atoms with E-state index in [0.717, 1.165) is 6.07 Å². The lowest BCUT2D eigenvalue weighted by Gasteiger charge is -2.12. The van der Waals surface area contributed by atoms with Crippen LogP contribution in [-0.2, 0) is 12.7 Å². The SMILES string of the molecule is Cl.NCc1cc(Oc2cccc(C(=O)NCCCO)c2)nc(C(F)(F)F)c1. The average molecular weight is 406 g/mol. The smallest absolute Gasteiger partial charge is 0.433 e. The van der Waals surface area contributed by atoms with Crippen molar-refractivity contribution in [2.75, 3.05) is 13.2 Å². The number of pyridine rings is 1. The van der Waals surface area contributed by atoms with E-state index < -0.39 is 11.9 Å². The molecule has 2 aromatic rings.